The number of aryl methyl sites for hydroxylation is 2. The highest BCUT2D eigenvalue weighted by Crippen LogP contribution is 2.36. The fourth-order valence-corrected chi connectivity index (χ4v) is 7.49. The number of fused-ring (bicyclic) bond motifs is 2. The van der Waals surface area contributed by atoms with Crippen molar-refractivity contribution in [3.05, 3.63) is 174 Å². The minimum absolute atomic E-state index is 0.642. The van der Waals surface area contributed by atoms with E-state index < -0.39 is 0 Å². The van der Waals surface area contributed by atoms with Gasteiger partial charge in [0, 0.05) is 50.2 Å². The molecule has 0 radical (unpaired) electrons. The van der Waals surface area contributed by atoms with Crippen molar-refractivity contribution >= 4 is 21.8 Å². The van der Waals surface area contributed by atoms with Gasteiger partial charge in [-0.05, 0) is 80.3 Å². The molecule has 0 aliphatic heterocycles. The van der Waals surface area contributed by atoms with Crippen LogP contribution in [0.4, 0.5) is 0 Å². The zero-order chi connectivity index (χ0) is 35.3. The Bertz CT molecular complexity index is 2590. The standard InChI is InChI=1S/C47H37N5/c1-30-32(3)51(43-21-13-11-19-41(30)43)39-27-38(28-40(29-39)52-33(4)31(2)42-20-12-14-22-44(42)52)34-23-25-37(26-24-34)47-49-45(35-15-7-5-8-16-35)48-46(50-47)36-17-9-6-10-18-36/h5-29H,1-4H3. The molecule has 0 fully saturated rings. The summed E-state index contributed by atoms with van der Waals surface area (Å²) in [5.74, 6) is 1.95. The lowest BCUT2D eigenvalue weighted by atomic mass is 10.0. The van der Waals surface area contributed by atoms with Gasteiger partial charge in [0.2, 0.25) is 0 Å². The van der Waals surface area contributed by atoms with Crippen LogP contribution in [0.15, 0.2) is 152 Å². The zero-order valence-corrected chi connectivity index (χ0v) is 29.7. The number of nitrogens with zero attached hydrogens (tertiary/aromatic N) is 5. The number of benzene rings is 6. The van der Waals surface area contributed by atoms with Crippen molar-refractivity contribution in [3.63, 3.8) is 0 Å². The summed E-state index contributed by atoms with van der Waals surface area (Å²) >= 11 is 0. The molecule has 0 saturated heterocycles. The summed E-state index contributed by atoms with van der Waals surface area (Å²) in [5, 5.41) is 2.55. The van der Waals surface area contributed by atoms with Gasteiger partial charge in [0.1, 0.15) is 0 Å². The Labute approximate surface area is 303 Å². The van der Waals surface area contributed by atoms with Gasteiger partial charge in [0.25, 0.3) is 0 Å². The maximum absolute atomic E-state index is 4.96. The van der Waals surface area contributed by atoms with Crippen molar-refractivity contribution in [1.29, 1.82) is 0 Å². The quantitative estimate of drug-likeness (QED) is 0.177. The molecule has 9 aromatic rings. The summed E-state index contributed by atoms with van der Waals surface area (Å²) in [6.07, 6.45) is 0. The van der Waals surface area contributed by atoms with Crippen LogP contribution < -0.4 is 0 Å². The predicted molar refractivity (Wildman–Crippen MR) is 214 cm³/mol. The lowest BCUT2D eigenvalue weighted by molar-refractivity contribution is 1.01. The molecule has 3 heterocycles. The van der Waals surface area contributed by atoms with Gasteiger partial charge < -0.3 is 9.13 Å². The molecule has 0 atom stereocenters. The largest absolute Gasteiger partial charge is 0.314 e. The topological polar surface area (TPSA) is 48.5 Å². The third-order valence-electron chi connectivity index (χ3n) is 10.4. The third kappa shape index (κ3) is 5.30. The molecule has 0 aliphatic carbocycles. The second kappa shape index (κ2) is 12.6. The number of aromatic nitrogens is 5. The van der Waals surface area contributed by atoms with E-state index in [1.165, 1.54) is 44.3 Å². The first-order valence-electron chi connectivity index (χ1n) is 17.7. The average molecular weight is 672 g/mol. The normalized spacial score (nSPS) is 11.5. The lowest BCUT2D eigenvalue weighted by Gasteiger charge is -2.17. The minimum Gasteiger partial charge on any atom is -0.314 e. The van der Waals surface area contributed by atoms with E-state index in [1.54, 1.807) is 0 Å². The van der Waals surface area contributed by atoms with Crippen LogP contribution in [0.5, 0.6) is 0 Å². The van der Waals surface area contributed by atoms with Crippen molar-refractivity contribution in [3.8, 4) is 56.7 Å². The second-order valence-electron chi connectivity index (χ2n) is 13.5. The predicted octanol–water partition coefficient (Wildman–Crippen LogP) is 11.7. The first kappa shape index (κ1) is 31.4. The molecule has 6 aromatic carbocycles. The molecular weight excluding hydrogens is 635 g/mol. The third-order valence-corrected chi connectivity index (χ3v) is 10.4. The van der Waals surface area contributed by atoms with E-state index in [1.807, 2.05) is 60.7 Å². The molecule has 0 unspecified atom stereocenters. The maximum atomic E-state index is 4.96. The Morgan fingerprint density at radius 1 is 0.346 bits per heavy atom. The minimum atomic E-state index is 0.642. The Hall–Kier alpha value is -6.59. The zero-order valence-electron chi connectivity index (χ0n) is 29.7. The van der Waals surface area contributed by atoms with Gasteiger partial charge in [0.15, 0.2) is 17.5 Å². The summed E-state index contributed by atoms with van der Waals surface area (Å²) in [6.45, 7) is 8.88. The molecule has 0 aliphatic rings. The van der Waals surface area contributed by atoms with Crippen LogP contribution in [-0.4, -0.2) is 24.1 Å². The van der Waals surface area contributed by atoms with Gasteiger partial charge in [-0.2, -0.15) is 0 Å². The molecule has 0 saturated carbocycles. The van der Waals surface area contributed by atoms with Gasteiger partial charge in [-0.3, -0.25) is 0 Å². The van der Waals surface area contributed by atoms with Gasteiger partial charge in [-0.25, -0.2) is 15.0 Å². The van der Waals surface area contributed by atoms with Crippen LogP contribution in [0.3, 0.4) is 0 Å². The molecule has 0 bridgehead atoms. The lowest BCUT2D eigenvalue weighted by Crippen LogP contribution is -2.03. The van der Waals surface area contributed by atoms with E-state index in [9.17, 15) is 0 Å². The molecule has 5 heteroatoms. The molecule has 9 rings (SSSR count). The molecule has 3 aromatic heterocycles. The summed E-state index contributed by atoms with van der Waals surface area (Å²) in [4.78, 5) is 14.8. The molecule has 0 N–H and O–H groups in total. The Balaban J connectivity index is 1.21. The smallest absolute Gasteiger partial charge is 0.164 e. The molecule has 250 valence electrons. The monoisotopic (exact) mass is 671 g/mol. The number of para-hydroxylation sites is 2. The fourth-order valence-electron chi connectivity index (χ4n) is 7.49. The van der Waals surface area contributed by atoms with E-state index >= 15 is 0 Å². The van der Waals surface area contributed by atoms with E-state index in [-0.39, 0.29) is 0 Å². The molecular formula is C47H37N5. The molecule has 52 heavy (non-hydrogen) atoms. The van der Waals surface area contributed by atoms with Crippen molar-refractivity contribution < 1.29 is 0 Å². The van der Waals surface area contributed by atoms with Crippen LogP contribution in [0.25, 0.3) is 78.5 Å². The van der Waals surface area contributed by atoms with E-state index in [2.05, 4.69) is 128 Å². The van der Waals surface area contributed by atoms with E-state index in [0.717, 1.165) is 39.2 Å². The summed E-state index contributed by atoms with van der Waals surface area (Å²) in [5.41, 5.74) is 14.8. The SMILES string of the molecule is Cc1c(C)n(-c2cc(-c3ccc(-c4nc(-c5ccccc5)nc(-c5ccccc5)n4)cc3)cc(-n3c(C)c(C)c4ccccc43)c2)c2ccccc12. The van der Waals surface area contributed by atoms with Gasteiger partial charge in [-0.15, -0.1) is 0 Å². The van der Waals surface area contributed by atoms with Gasteiger partial charge in [0.05, 0.1) is 11.0 Å². The Kier molecular flexibility index (Phi) is 7.62. The summed E-state index contributed by atoms with van der Waals surface area (Å²) < 4.78 is 4.81. The maximum Gasteiger partial charge on any atom is 0.164 e. The molecule has 5 nitrogen and oxygen atoms in total. The summed E-state index contributed by atoms with van der Waals surface area (Å²) in [6, 6.07) is 53.2. The highest BCUT2D eigenvalue weighted by molar-refractivity contribution is 5.89. The molecule has 0 amide bonds. The first-order chi connectivity index (χ1) is 25.4. The number of rotatable bonds is 6. The first-order valence-corrected chi connectivity index (χ1v) is 17.7. The van der Waals surface area contributed by atoms with Crippen LogP contribution in [0.1, 0.15) is 22.5 Å². The van der Waals surface area contributed by atoms with Crippen LogP contribution in [0.2, 0.25) is 0 Å². The van der Waals surface area contributed by atoms with Crippen molar-refractivity contribution in [2.45, 2.75) is 27.7 Å². The second-order valence-corrected chi connectivity index (χ2v) is 13.5. The summed E-state index contributed by atoms with van der Waals surface area (Å²) in [7, 11) is 0. The van der Waals surface area contributed by atoms with Crippen molar-refractivity contribution in [2.24, 2.45) is 0 Å². The number of hydrogen-bond donors (Lipinski definition) is 0. The van der Waals surface area contributed by atoms with Crippen LogP contribution >= 0.6 is 0 Å². The Morgan fingerprint density at radius 3 is 1.15 bits per heavy atom. The highest BCUT2D eigenvalue weighted by atomic mass is 15.0. The van der Waals surface area contributed by atoms with E-state index in [4.69, 9.17) is 15.0 Å². The average Bonchev–Trinajstić information content (AvgIpc) is 3.62. The van der Waals surface area contributed by atoms with Crippen molar-refractivity contribution in [2.75, 3.05) is 0 Å². The van der Waals surface area contributed by atoms with Gasteiger partial charge >= 0.3 is 0 Å². The van der Waals surface area contributed by atoms with Gasteiger partial charge in [-0.1, -0.05) is 121 Å². The van der Waals surface area contributed by atoms with Crippen LogP contribution in [-0.2, 0) is 0 Å². The highest BCUT2D eigenvalue weighted by Gasteiger charge is 2.18. The van der Waals surface area contributed by atoms with E-state index in [0.29, 0.717) is 17.5 Å². The van der Waals surface area contributed by atoms with Crippen LogP contribution in [0, 0.1) is 27.7 Å². The van der Waals surface area contributed by atoms with Crippen molar-refractivity contribution in [1.82, 2.24) is 24.1 Å². The fraction of sp³-hybridized carbons (Fsp3) is 0.0851. The molecule has 0 spiro atoms. The Morgan fingerprint density at radius 2 is 0.712 bits per heavy atom. The number of hydrogen-bond acceptors (Lipinski definition) is 3.